The number of aromatic nitrogens is 1. The Morgan fingerprint density at radius 2 is 2.00 bits per heavy atom. The molecule has 164 valence electrons. The predicted octanol–water partition coefficient (Wildman–Crippen LogP) is 3.20. The normalized spacial score (nSPS) is 15.5. The summed E-state index contributed by atoms with van der Waals surface area (Å²) in [5.74, 6) is -0.515. The number of fused-ring (bicyclic) bond motifs is 3. The monoisotopic (exact) mass is 431 g/mol. The van der Waals surface area contributed by atoms with Crippen LogP contribution in [0.15, 0.2) is 47.0 Å². The Balaban J connectivity index is 1.28. The number of likely N-dealkylation sites (tertiary alicyclic amines) is 1. The molecule has 2 aliphatic rings. The zero-order valence-corrected chi connectivity index (χ0v) is 17.9. The second-order valence-corrected chi connectivity index (χ2v) is 8.73. The minimum atomic E-state index is -0.719. The largest absolute Gasteiger partial charge is 0.481 e. The SMILES string of the molecule is Cc1cccc(CNC(=O)c2noc3c2CCc2cc(CN4CC(C(=O)O)C4)ccc2-3)c1. The van der Waals surface area contributed by atoms with Gasteiger partial charge in [-0.3, -0.25) is 14.5 Å². The van der Waals surface area contributed by atoms with Crippen LogP contribution in [0.3, 0.4) is 0 Å². The van der Waals surface area contributed by atoms with E-state index >= 15 is 0 Å². The number of carbonyl (C=O) groups excluding carboxylic acids is 1. The molecule has 1 fully saturated rings. The lowest BCUT2D eigenvalue weighted by Gasteiger charge is -2.36. The third-order valence-corrected chi connectivity index (χ3v) is 6.31. The van der Waals surface area contributed by atoms with Crippen molar-refractivity contribution in [1.29, 1.82) is 0 Å². The number of nitrogens with one attached hydrogen (secondary N) is 1. The topological polar surface area (TPSA) is 95.7 Å². The number of amides is 1. The fourth-order valence-electron chi connectivity index (χ4n) is 4.57. The fourth-order valence-corrected chi connectivity index (χ4v) is 4.57. The highest BCUT2D eigenvalue weighted by Crippen LogP contribution is 2.36. The van der Waals surface area contributed by atoms with Gasteiger partial charge in [-0.05, 0) is 36.5 Å². The lowest BCUT2D eigenvalue weighted by atomic mass is 9.88. The minimum absolute atomic E-state index is 0.220. The first-order valence-corrected chi connectivity index (χ1v) is 10.9. The van der Waals surface area contributed by atoms with Crippen LogP contribution >= 0.6 is 0 Å². The van der Waals surface area contributed by atoms with Gasteiger partial charge in [0.25, 0.3) is 5.91 Å². The third-order valence-electron chi connectivity index (χ3n) is 6.31. The number of carboxylic acids is 1. The molecule has 7 heteroatoms. The molecule has 0 spiro atoms. The Hall–Kier alpha value is -3.45. The minimum Gasteiger partial charge on any atom is -0.481 e. The summed E-state index contributed by atoms with van der Waals surface area (Å²) in [5.41, 5.74) is 6.74. The molecule has 0 bridgehead atoms. The van der Waals surface area contributed by atoms with E-state index in [1.54, 1.807) is 0 Å². The number of benzene rings is 2. The van der Waals surface area contributed by atoms with Crippen molar-refractivity contribution in [3.05, 3.63) is 76.0 Å². The summed E-state index contributed by atoms with van der Waals surface area (Å²) >= 11 is 0. The Morgan fingerprint density at radius 3 is 2.78 bits per heavy atom. The lowest BCUT2D eigenvalue weighted by Crippen LogP contribution is -2.49. The number of carboxylic acid groups (broad SMARTS) is 1. The number of hydrogen-bond donors (Lipinski definition) is 2. The third kappa shape index (κ3) is 3.91. The summed E-state index contributed by atoms with van der Waals surface area (Å²) in [4.78, 5) is 25.9. The first kappa shape index (κ1) is 20.5. The van der Waals surface area contributed by atoms with Crippen LogP contribution in [0.5, 0.6) is 0 Å². The van der Waals surface area contributed by atoms with Crippen molar-refractivity contribution in [2.45, 2.75) is 32.9 Å². The van der Waals surface area contributed by atoms with Crippen molar-refractivity contribution in [2.75, 3.05) is 13.1 Å². The molecule has 0 atom stereocenters. The molecule has 1 aliphatic carbocycles. The van der Waals surface area contributed by atoms with Crippen LogP contribution in [0.2, 0.25) is 0 Å². The van der Waals surface area contributed by atoms with Crippen molar-refractivity contribution in [3.63, 3.8) is 0 Å². The zero-order valence-electron chi connectivity index (χ0n) is 17.9. The van der Waals surface area contributed by atoms with Gasteiger partial charge in [0.15, 0.2) is 11.5 Å². The van der Waals surface area contributed by atoms with Crippen LogP contribution < -0.4 is 5.32 Å². The molecule has 2 aromatic carbocycles. The molecular weight excluding hydrogens is 406 g/mol. The highest BCUT2D eigenvalue weighted by Gasteiger charge is 2.32. The molecule has 5 rings (SSSR count). The maximum atomic E-state index is 12.8. The highest BCUT2D eigenvalue weighted by atomic mass is 16.5. The zero-order chi connectivity index (χ0) is 22.2. The van der Waals surface area contributed by atoms with E-state index in [1.165, 1.54) is 5.56 Å². The lowest BCUT2D eigenvalue weighted by molar-refractivity contribution is -0.147. The van der Waals surface area contributed by atoms with E-state index in [1.807, 2.05) is 43.3 Å². The molecule has 1 aromatic heterocycles. The predicted molar refractivity (Wildman–Crippen MR) is 118 cm³/mol. The van der Waals surface area contributed by atoms with Gasteiger partial charge in [0, 0.05) is 37.3 Å². The number of aryl methyl sites for hydroxylation is 2. The molecule has 7 nitrogen and oxygen atoms in total. The summed E-state index contributed by atoms with van der Waals surface area (Å²) in [6.45, 7) is 4.41. The average Bonchev–Trinajstić information content (AvgIpc) is 3.18. The number of carbonyl (C=O) groups is 2. The highest BCUT2D eigenvalue weighted by molar-refractivity contribution is 5.95. The second kappa shape index (κ2) is 8.24. The Bertz CT molecular complexity index is 1190. The van der Waals surface area contributed by atoms with Crippen LogP contribution in [-0.4, -0.2) is 40.1 Å². The van der Waals surface area contributed by atoms with Gasteiger partial charge in [0.05, 0.1) is 5.92 Å². The quantitative estimate of drug-likeness (QED) is 0.622. The van der Waals surface area contributed by atoms with Crippen molar-refractivity contribution in [1.82, 2.24) is 15.4 Å². The summed E-state index contributed by atoms with van der Waals surface area (Å²) < 4.78 is 5.61. The van der Waals surface area contributed by atoms with Crippen LogP contribution in [0.1, 0.15) is 38.3 Å². The van der Waals surface area contributed by atoms with Gasteiger partial charge in [0.1, 0.15) is 0 Å². The van der Waals surface area contributed by atoms with E-state index in [0.29, 0.717) is 37.5 Å². The summed E-state index contributed by atoms with van der Waals surface area (Å²) in [6, 6.07) is 14.3. The first-order valence-electron chi connectivity index (χ1n) is 10.9. The van der Waals surface area contributed by atoms with Gasteiger partial charge >= 0.3 is 5.97 Å². The molecule has 0 saturated carbocycles. The van der Waals surface area contributed by atoms with Gasteiger partial charge in [0.2, 0.25) is 0 Å². The number of hydrogen-bond acceptors (Lipinski definition) is 5. The van der Waals surface area contributed by atoms with Gasteiger partial charge in [-0.2, -0.15) is 0 Å². The van der Waals surface area contributed by atoms with E-state index in [2.05, 4.69) is 21.4 Å². The van der Waals surface area contributed by atoms with E-state index in [4.69, 9.17) is 9.63 Å². The maximum absolute atomic E-state index is 12.8. The number of nitrogens with zero attached hydrogens (tertiary/aromatic N) is 2. The number of rotatable bonds is 6. The smallest absolute Gasteiger partial charge is 0.309 e. The van der Waals surface area contributed by atoms with E-state index in [-0.39, 0.29) is 11.8 Å². The van der Waals surface area contributed by atoms with Crippen molar-refractivity contribution < 1.29 is 19.2 Å². The Labute approximate surface area is 186 Å². The Morgan fingerprint density at radius 1 is 1.16 bits per heavy atom. The van der Waals surface area contributed by atoms with E-state index < -0.39 is 5.97 Å². The molecule has 1 amide bonds. The summed E-state index contributed by atoms with van der Waals surface area (Å²) in [5, 5.41) is 16.1. The molecule has 3 aromatic rings. The first-order chi connectivity index (χ1) is 15.5. The molecule has 0 radical (unpaired) electrons. The van der Waals surface area contributed by atoms with Crippen molar-refractivity contribution in [3.8, 4) is 11.3 Å². The van der Waals surface area contributed by atoms with Crippen LogP contribution in [0, 0.1) is 12.8 Å². The van der Waals surface area contributed by atoms with E-state index in [0.717, 1.165) is 40.8 Å². The van der Waals surface area contributed by atoms with Crippen LogP contribution in [-0.2, 0) is 30.7 Å². The second-order valence-electron chi connectivity index (χ2n) is 8.73. The molecule has 1 saturated heterocycles. The van der Waals surface area contributed by atoms with Crippen molar-refractivity contribution >= 4 is 11.9 Å². The standard InChI is InChI=1S/C25H25N3O4/c1-15-3-2-4-16(9-15)11-26-24(29)22-21-8-6-18-10-17(5-7-20(18)23(21)32-27-22)12-28-13-19(14-28)25(30)31/h2-5,7,9-10,19H,6,8,11-14H2,1H3,(H,26,29)(H,30,31). The molecule has 32 heavy (non-hydrogen) atoms. The van der Waals surface area contributed by atoms with Crippen LogP contribution in [0.25, 0.3) is 11.3 Å². The fraction of sp³-hybridized carbons (Fsp3) is 0.320. The molecule has 1 aliphatic heterocycles. The number of aliphatic carboxylic acids is 1. The molecule has 2 heterocycles. The maximum Gasteiger partial charge on any atom is 0.309 e. The Kier molecular flexibility index (Phi) is 5.27. The molecule has 0 unspecified atom stereocenters. The summed E-state index contributed by atoms with van der Waals surface area (Å²) in [7, 11) is 0. The molecular formula is C25H25N3O4. The van der Waals surface area contributed by atoms with Gasteiger partial charge in [-0.25, -0.2) is 0 Å². The average molecular weight is 431 g/mol. The molecule has 2 N–H and O–H groups in total. The van der Waals surface area contributed by atoms with Gasteiger partial charge < -0.3 is 14.9 Å². The van der Waals surface area contributed by atoms with E-state index in [9.17, 15) is 9.59 Å². The van der Waals surface area contributed by atoms with Crippen molar-refractivity contribution in [2.24, 2.45) is 5.92 Å². The van der Waals surface area contributed by atoms with Crippen LogP contribution in [0.4, 0.5) is 0 Å². The summed E-state index contributed by atoms with van der Waals surface area (Å²) in [6.07, 6.45) is 1.51. The van der Waals surface area contributed by atoms with Gasteiger partial charge in [-0.15, -0.1) is 0 Å². The van der Waals surface area contributed by atoms with Gasteiger partial charge in [-0.1, -0.05) is 53.2 Å².